The number of Topliss-reactive ketones (excluding diaryl/α,β-unsaturated/α-hetero) is 1. The monoisotopic (exact) mass is 425 g/mol. The number of fused-ring (bicyclic) bond motifs is 1. The SMILES string of the molecule is COCCN1C(=O)C(O)=C(C(=O)c2sc(C)nc2C)C1c1c(C)[nH]c2ccccc12. The van der Waals surface area contributed by atoms with Crippen LogP contribution in [0.3, 0.4) is 0 Å². The zero-order valence-electron chi connectivity index (χ0n) is 17.3. The number of hydrogen-bond acceptors (Lipinski definition) is 6. The number of aliphatic hydroxyl groups is 1. The number of aryl methyl sites for hydroxylation is 3. The summed E-state index contributed by atoms with van der Waals surface area (Å²) in [5.74, 6) is -1.43. The molecule has 0 saturated carbocycles. The van der Waals surface area contributed by atoms with Gasteiger partial charge in [-0.2, -0.15) is 0 Å². The number of ether oxygens (including phenoxy) is 1. The highest BCUT2D eigenvalue weighted by atomic mass is 32.1. The molecule has 2 N–H and O–H groups in total. The van der Waals surface area contributed by atoms with Crippen LogP contribution in [0.15, 0.2) is 35.6 Å². The molecule has 3 heterocycles. The number of benzene rings is 1. The minimum Gasteiger partial charge on any atom is -0.503 e. The van der Waals surface area contributed by atoms with Crippen LogP contribution < -0.4 is 0 Å². The summed E-state index contributed by atoms with van der Waals surface area (Å²) < 4.78 is 5.18. The van der Waals surface area contributed by atoms with Crippen LogP contribution >= 0.6 is 11.3 Å². The average molecular weight is 426 g/mol. The van der Waals surface area contributed by atoms with Gasteiger partial charge >= 0.3 is 0 Å². The number of H-pyrrole nitrogens is 1. The van der Waals surface area contributed by atoms with Crippen molar-refractivity contribution < 1.29 is 19.4 Å². The van der Waals surface area contributed by atoms with E-state index >= 15 is 0 Å². The Hall–Kier alpha value is -2.97. The predicted molar refractivity (Wildman–Crippen MR) is 115 cm³/mol. The third kappa shape index (κ3) is 3.12. The van der Waals surface area contributed by atoms with E-state index in [9.17, 15) is 14.7 Å². The fourth-order valence-corrected chi connectivity index (χ4v) is 4.99. The van der Waals surface area contributed by atoms with Crippen LogP contribution in [0.25, 0.3) is 10.9 Å². The summed E-state index contributed by atoms with van der Waals surface area (Å²) in [6.07, 6.45) is 0. The highest BCUT2D eigenvalue weighted by Crippen LogP contribution is 2.43. The Morgan fingerprint density at radius 2 is 2.03 bits per heavy atom. The molecule has 1 unspecified atom stereocenters. The molecule has 0 bridgehead atoms. The summed E-state index contributed by atoms with van der Waals surface area (Å²) in [5.41, 5.74) is 3.25. The summed E-state index contributed by atoms with van der Waals surface area (Å²) in [6.45, 7) is 6.04. The predicted octanol–water partition coefficient (Wildman–Crippen LogP) is 3.77. The summed E-state index contributed by atoms with van der Waals surface area (Å²) in [6, 6.07) is 7.03. The third-order valence-electron chi connectivity index (χ3n) is 5.41. The van der Waals surface area contributed by atoms with E-state index < -0.39 is 17.7 Å². The van der Waals surface area contributed by atoms with E-state index in [1.807, 2.05) is 38.1 Å². The first kappa shape index (κ1) is 20.3. The zero-order valence-corrected chi connectivity index (χ0v) is 18.1. The lowest BCUT2D eigenvalue weighted by molar-refractivity contribution is -0.130. The Morgan fingerprint density at radius 1 is 1.30 bits per heavy atom. The number of aliphatic hydroxyl groups excluding tert-OH is 1. The number of hydrogen-bond donors (Lipinski definition) is 2. The number of ketones is 1. The highest BCUT2D eigenvalue weighted by Gasteiger charge is 2.45. The molecule has 0 saturated heterocycles. The number of amides is 1. The van der Waals surface area contributed by atoms with Crippen LogP contribution in [0.4, 0.5) is 0 Å². The lowest BCUT2D eigenvalue weighted by atomic mass is 9.93. The normalized spacial score (nSPS) is 16.9. The van der Waals surface area contributed by atoms with Crippen LogP contribution in [0, 0.1) is 20.8 Å². The second-order valence-electron chi connectivity index (χ2n) is 7.34. The van der Waals surface area contributed by atoms with Gasteiger partial charge in [0.15, 0.2) is 5.76 Å². The molecule has 4 rings (SSSR count). The number of rotatable bonds is 6. The molecule has 3 aromatic rings. The molecule has 156 valence electrons. The number of nitrogens with one attached hydrogen (secondary N) is 1. The fraction of sp³-hybridized carbons (Fsp3) is 0.318. The van der Waals surface area contributed by atoms with Gasteiger partial charge in [-0.05, 0) is 26.8 Å². The Kier molecular flexibility index (Phi) is 5.21. The summed E-state index contributed by atoms with van der Waals surface area (Å²) >= 11 is 1.27. The number of carbonyl (C=O) groups excluding carboxylic acids is 2. The summed E-state index contributed by atoms with van der Waals surface area (Å²) in [4.78, 5) is 36.2. The van der Waals surface area contributed by atoms with Gasteiger partial charge in [0.05, 0.1) is 33.8 Å². The molecule has 1 amide bonds. The molecule has 1 atom stereocenters. The van der Waals surface area contributed by atoms with E-state index in [1.165, 1.54) is 16.2 Å². The first-order chi connectivity index (χ1) is 14.3. The Morgan fingerprint density at radius 3 is 2.70 bits per heavy atom. The van der Waals surface area contributed by atoms with Gasteiger partial charge < -0.3 is 19.7 Å². The zero-order chi connectivity index (χ0) is 21.6. The third-order valence-corrected chi connectivity index (χ3v) is 6.48. The molecule has 1 aliphatic heterocycles. The van der Waals surface area contributed by atoms with E-state index in [0.717, 1.165) is 27.2 Å². The molecule has 30 heavy (non-hydrogen) atoms. The number of para-hydroxylation sites is 1. The van der Waals surface area contributed by atoms with Crippen LogP contribution in [-0.4, -0.2) is 51.9 Å². The molecule has 0 radical (unpaired) electrons. The van der Waals surface area contributed by atoms with Crippen molar-refractivity contribution in [2.75, 3.05) is 20.3 Å². The van der Waals surface area contributed by atoms with Gasteiger partial charge in [-0.3, -0.25) is 9.59 Å². The largest absolute Gasteiger partial charge is 0.503 e. The van der Waals surface area contributed by atoms with Crippen molar-refractivity contribution in [1.29, 1.82) is 0 Å². The lowest BCUT2D eigenvalue weighted by Crippen LogP contribution is -2.34. The number of aromatic nitrogens is 2. The Bertz CT molecular complexity index is 1190. The number of aromatic amines is 1. The van der Waals surface area contributed by atoms with Crippen LogP contribution in [0.5, 0.6) is 0 Å². The minimum absolute atomic E-state index is 0.0932. The fourth-order valence-electron chi connectivity index (χ4n) is 4.12. The molecule has 1 aliphatic rings. The van der Waals surface area contributed by atoms with Gasteiger partial charge in [0.25, 0.3) is 5.91 Å². The maximum absolute atomic E-state index is 13.5. The second-order valence-corrected chi connectivity index (χ2v) is 8.55. The van der Waals surface area contributed by atoms with Gasteiger partial charge in [0.1, 0.15) is 0 Å². The van der Waals surface area contributed by atoms with E-state index in [0.29, 0.717) is 10.6 Å². The molecular weight excluding hydrogens is 402 g/mol. The number of methoxy groups -OCH3 is 1. The number of carbonyl (C=O) groups is 2. The van der Waals surface area contributed by atoms with Crippen molar-refractivity contribution in [3.8, 4) is 0 Å². The Balaban J connectivity index is 1.92. The van der Waals surface area contributed by atoms with Crippen molar-refractivity contribution in [2.24, 2.45) is 0 Å². The van der Waals surface area contributed by atoms with E-state index in [4.69, 9.17) is 4.74 Å². The molecule has 0 fully saturated rings. The van der Waals surface area contributed by atoms with Crippen molar-refractivity contribution in [1.82, 2.24) is 14.9 Å². The first-order valence-corrected chi connectivity index (χ1v) is 10.5. The molecule has 2 aromatic heterocycles. The molecule has 7 nitrogen and oxygen atoms in total. The summed E-state index contributed by atoms with van der Waals surface area (Å²) in [7, 11) is 1.55. The highest BCUT2D eigenvalue weighted by molar-refractivity contribution is 7.14. The van der Waals surface area contributed by atoms with E-state index in [2.05, 4.69) is 9.97 Å². The first-order valence-electron chi connectivity index (χ1n) is 9.64. The van der Waals surface area contributed by atoms with Gasteiger partial charge in [0.2, 0.25) is 5.78 Å². The maximum Gasteiger partial charge on any atom is 0.290 e. The van der Waals surface area contributed by atoms with Gasteiger partial charge in [0, 0.05) is 35.8 Å². The van der Waals surface area contributed by atoms with Crippen molar-refractivity contribution >= 4 is 33.9 Å². The second kappa shape index (κ2) is 7.70. The quantitative estimate of drug-likeness (QED) is 0.586. The van der Waals surface area contributed by atoms with Gasteiger partial charge in [-0.15, -0.1) is 11.3 Å². The van der Waals surface area contributed by atoms with E-state index in [-0.39, 0.29) is 24.5 Å². The lowest BCUT2D eigenvalue weighted by Gasteiger charge is -2.26. The maximum atomic E-state index is 13.5. The van der Waals surface area contributed by atoms with Crippen molar-refractivity contribution in [3.63, 3.8) is 0 Å². The molecule has 0 spiro atoms. The van der Waals surface area contributed by atoms with Crippen LogP contribution in [-0.2, 0) is 9.53 Å². The van der Waals surface area contributed by atoms with Crippen LogP contribution in [0.1, 0.15) is 37.7 Å². The standard InChI is InChI=1S/C22H23N3O4S/c1-11-16(14-7-5-6-8-15(14)24-11)18-17(19(26)21-12(2)23-13(3)30-21)20(27)22(28)25(18)9-10-29-4/h5-8,18,24,27H,9-10H2,1-4H3. The molecular formula is C22H23N3O4S. The molecule has 1 aromatic carbocycles. The number of nitrogens with zero attached hydrogens (tertiary/aromatic N) is 2. The van der Waals surface area contributed by atoms with Gasteiger partial charge in [-0.25, -0.2) is 4.98 Å². The van der Waals surface area contributed by atoms with Crippen molar-refractivity contribution in [2.45, 2.75) is 26.8 Å². The topological polar surface area (TPSA) is 95.5 Å². The minimum atomic E-state index is -0.710. The summed E-state index contributed by atoms with van der Waals surface area (Å²) in [5, 5.41) is 12.5. The molecule has 0 aliphatic carbocycles. The van der Waals surface area contributed by atoms with E-state index in [1.54, 1.807) is 14.0 Å². The number of thiazole rings is 1. The van der Waals surface area contributed by atoms with Crippen molar-refractivity contribution in [3.05, 3.63) is 62.4 Å². The smallest absolute Gasteiger partial charge is 0.290 e. The molecule has 8 heteroatoms. The Labute approximate surface area is 178 Å². The van der Waals surface area contributed by atoms with Crippen LogP contribution in [0.2, 0.25) is 0 Å². The average Bonchev–Trinajstić information content (AvgIpc) is 3.30. The van der Waals surface area contributed by atoms with Gasteiger partial charge in [-0.1, -0.05) is 18.2 Å².